The topological polar surface area (TPSA) is 9.23 Å². The van der Waals surface area contributed by atoms with E-state index in [0.29, 0.717) is 5.88 Å². The molecule has 1 aromatic rings. The molecule has 0 unspecified atom stereocenters. The Bertz CT molecular complexity index is 329. The highest BCUT2D eigenvalue weighted by molar-refractivity contribution is 6.17. The monoisotopic (exact) mass is 248 g/mol. The molecule has 0 aliphatic carbocycles. The fourth-order valence-corrected chi connectivity index (χ4v) is 1.74. The van der Waals surface area contributed by atoms with E-state index in [1.54, 1.807) is 12.1 Å². The summed E-state index contributed by atoms with van der Waals surface area (Å²) in [4.78, 5) is 0. The summed E-state index contributed by atoms with van der Waals surface area (Å²) in [7, 11) is 0. The molecule has 0 heterocycles. The minimum Gasteiger partial charge on any atom is -0.435 e. The van der Waals surface area contributed by atoms with Crippen LogP contribution in [0.3, 0.4) is 0 Å². The molecule has 0 aliphatic heterocycles. The van der Waals surface area contributed by atoms with Gasteiger partial charge in [-0.15, -0.1) is 11.6 Å². The van der Waals surface area contributed by atoms with E-state index in [1.807, 2.05) is 13.0 Å². The van der Waals surface area contributed by atoms with Crippen molar-refractivity contribution in [3.05, 3.63) is 29.3 Å². The van der Waals surface area contributed by atoms with E-state index in [-0.39, 0.29) is 5.75 Å². The average molecular weight is 249 g/mol. The Balaban J connectivity index is 2.79. The molecule has 0 spiro atoms. The van der Waals surface area contributed by atoms with Crippen molar-refractivity contribution in [3.63, 3.8) is 0 Å². The summed E-state index contributed by atoms with van der Waals surface area (Å²) >= 11 is 5.62. The Labute approximate surface area is 99.4 Å². The van der Waals surface area contributed by atoms with Crippen molar-refractivity contribution in [1.82, 2.24) is 0 Å². The minimum absolute atomic E-state index is 0.224. The molecule has 90 valence electrons. The maximum atomic E-state index is 12.0. The predicted molar refractivity (Wildman–Crippen MR) is 61.5 cm³/mol. The quantitative estimate of drug-likeness (QED) is 0.691. The molecule has 0 saturated carbocycles. The van der Waals surface area contributed by atoms with Gasteiger partial charge in [-0.2, -0.15) is 8.78 Å². The van der Waals surface area contributed by atoms with E-state index in [1.165, 1.54) is 0 Å². The third-order valence-corrected chi connectivity index (χ3v) is 2.63. The van der Waals surface area contributed by atoms with Crippen molar-refractivity contribution in [2.24, 2.45) is 0 Å². The Morgan fingerprint density at radius 3 is 2.62 bits per heavy atom. The van der Waals surface area contributed by atoms with Crippen molar-refractivity contribution in [1.29, 1.82) is 0 Å². The van der Waals surface area contributed by atoms with Crippen LogP contribution in [-0.2, 0) is 12.8 Å². The highest BCUT2D eigenvalue weighted by atomic mass is 35.5. The van der Waals surface area contributed by atoms with Gasteiger partial charge in [0.15, 0.2) is 0 Å². The molecule has 1 nitrogen and oxygen atoms in total. The Morgan fingerprint density at radius 2 is 2.06 bits per heavy atom. The van der Waals surface area contributed by atoms with E-state index >= 15 is 0 Å². The summed E-state index contributed by atoms with van der Waals surface area (Å²) in [6.07, 6.45) is 2.57. The number of hydrogen-bond acceptors (Lipinski definition) is 1. The van der Waals surface area contributed by atoms with Gasteiger partial charge in [0.05, 0.1) is 0 Å². The van der Waals surface area contributed by atoms with Gasteiger partial charge in [-0.25, -0.2) is 0 Å². The van der Waals surface area contributed by atoms with Crippen LogP contribution >= 0.6 is 11.6 Å². The lowest BCUT2D eigenvalue weighted by Crippen LogP contribution is -2.03. The lowest BCUT2D eigenvalue weighted by atomic mass is 10.0. The van der Waals surface area contributed by atoms with Crippen LogP contribution in [-0.4, -0.2) is 12.5 Å². The van der Waals surface area contributed by atoms with Crippen molar-refractivity contribution in [3.8, 4) is 5.75 Å². The molecule has 0 saturated heterocycles. The van der Waals surface area contributed by atoms with Gasteiger partial charge in [0.1, 0.15) is 5.75 Å². The predicted octanol–water partition coefficient (Wildman–Crippen LogP) is 4.02. The van der Waals surface area contributed by atoms with Crippen LogP contribution in [0.2, 0.25) is 0 Å². The van der Waals surface area contributed by atoms with Gasteiger partial charge >= 0.3 is 6.61 Å². The van der Waals surface area contributed by atoms with E-state index < -0.39 is 6.61 Å². The first-order chi connectivity index (χ1) is 7.67. The maximum Gasteiger partial charge on any atom is 0.387 e. The summed E-state index contributed by atoms with van der Waals surface area (Å²) < 4.78 is 28.4. The second-order valence-corrected chi connectivity index (χ2v) is 3.83. The van der Waals surface area contributed by atoms with Gasteiger partial charge in [-0.1, -0.05) is 13.0 Å². The van der Waals surface area contributed by atoms with Gasteiger partial charge < -0.3 is 4.74 Å². The summed E-state index contributed by atoms with van der Waals surface area (Å²) in [5.74, 6) is 0.833. The van der Waals surface area contributed by atoms with Gasteiger partial charge in [0.25, 0.3) is 0 Å². The van der Waals surface area contributed by atoms with Crippen LogP contribution in [0.5, 0.6) is 5.75 Å². The van der Waals surface area contributed by atoms with Crippen LogP contribution in [0.1, 0.15) is 24.5 Å². The maximum absolute atomic E-state index is 12.0. The first kappa shape index (κ1) is 13.2. The van der Waals surface area contributed by atoms with E-state index in [2.05, 4.69) is 4.74 Å². The van der Waals surface area contributed by atoms with Crippen LogP contribution in [0.4, 0.5) is 8.78 Å². The molecule has 0 radical (unpaired) electrons. The summed E-state index contributed by atoms with van der Waals surface area (Å²) in [5.41, 5.74) is 2.20. The fraction of sp³-hybridized carbons (Fsp3) is 0.500. The smallest absolute Gasteiger partial charge is 0.387 e. The summed E-state index contributed by atoms with van der Waals surface area (Å²) in [6.45, 7) is -0.774. The standard InChI is InChI=1S/C12H15ClF2O/c1-2-9-8-11(16-12(14)15)6-5-10(9)4-3-7-13/h5-6,8,12H,2-4,7H2,1H3. The Kier molecular flexibility index (Phi) is 5.53. The molecule has 16 heavy (non-hydrogen) atoms. The first-order valence-corrected chi connectivity index (χ1v) is 5.83. The fourth-order valence-electron chi connectivity index (χ4n) is 1.61. The number of benzene rings is 1. The largest absolute Gasteiger partial charge is 0.435 e. The highest BCUT2D eigenvalue weighted by Crippen LogP contribution is 2.21. The molecule has 0 bridgehead atoms. The molecule has 1 aromatic carbocycles. The van der Waals surface area contributed by atoms with Crippen LogP contribution in [0.25, 0.3) is 0 Å². The molecule has 0 amide bonds. The van der Waals surface area contributed by atoms with Crippen molar-refractivity contribution in [2.45, 2.75) is 32.8 Å². The lowest BCUT2D eigenvalue weighted by molar-refractivity contribution is -0.0498. The molecule has 4 heteroatoms. The Morgan fingerprint density at radius 1 is 1.31 bits per heavy atom. The molecular formula is C12H15ClF2O. The molecule has 0 N–H and O–H groups in total. The SMILES string of the molecule is CCc1cc(OC(F)F)ccc1CCCCl. The van der Waals surface area contributed by atoms with Gasteiger partial charge in [0, 0.05) is 5.88 Å². The zero-order chi connectivity index (χ0) is 12.0. The second kappa shape index (κ2) is 6.69. The second-order valence-electron chi connectivity index (χ2n) is 3.46. The number of aryl methyl sites for hydroxylation is 2. The first-order valence-electron chi connectivity index (χ1n) is 5.30. The number of alkyl halides is 3. The number of ether oxygens (including phenoxy) is 1. The van der Waals surface area contributed by atoms with E-state index in [0.717, 1.165) is 30.4 Å². The van der Waals surface area contributed by atoms with Gasteiger partial charge in [0.2, 0.25) is 0 Å². The zero-order valence-electron chi connectivity index (χ0n) is 9.18. The lowest BCUT2D eigenvalue weighted by Gasteiger charge is -2.10. The summed E-state index contributed by atoms with van der Waals surface area (Å²) in [6, 6.07) is 5.09. The number of hydrogen-bond donors (Lipinski definition) is 0. The molecule has 0 fully saturated rings. The van der Waals surface area contributed by atoms with Gasteiger partial charge in [-0.3, -0.25) is 0 Å². The molecule has 0 aromatic heterocycles. The number of halogens is 3. The normalized spacial score (nSPS) is 10.8. The molecule has 0 aliphatic rings. The zero-order valence-corrected chi connectivity index (χ0v) is 9.94. The van der Waals surface area contributed by atoms with Crippen LogP contribution in [0, 0.1) is 0 Å². The highest BCUT2D eigenvalue weighted by Gasteiger charge is 2.07. The Hall–Kier alpha value is -0.830. The van der Waals surface area contributed by atoms with E-state index in [4.69, 9.17) is 11.6 Å². The van der Waals surface area contributed by atoms with Crippen molar-refractivity contribution in [2.75, 3.05) is 5.88 Å². The third-order valence-electron chi connectivity index (χ3n) is 2.36. The third kappa shape index (κ3) is 3.97. The van der Waals surface area contributed by atoms with Gasteiger partial charge in [-0.05, 0) is 42.5 Å². The van der Waals surface area contributed by atoms with Crippen LogP contribution in [0.15, 0.2) is 18.2 Å². The van der Waals surface area contributed by atoms with E-state index in [9.17, 15) is 8.78 Å². The summed E-state index contributed by atoms with van der Waals surface area (Å²) in [5, 5.41) is 0. The molecule has 0 atom stereocenters. The minimum atomic E-state index is -2.77. The van der Waals surface area contributed by atoms with Crippen molar-refractivity contribution < 1.29 is 13.5 Å². The van der Waals surface area contributed by atoms with Crippen molar-refractivity contribution >= 4 is 11.6 Å². The average Bonchev–Trinajstić information content (AvgIpc) is 2.26. The molecule has 1 rings (SSSR count). The molecular weight excluding hydrogens is 234 g/mol. The number of rotatable bonds is 6. The van der Waals surface area contributed by atoms with Crippen LogP contribution < -0.4 is 4.74 Å².